The first kappa shape index (κ1) is 25.9. The van der Waals surface area contributed by atoms with Gasteiger partial charge in [0.2, 0.25) is 0 Å². The molecule has 0 aromatic rings. The van der Waals surface area contributed by atoms with Crippen molar-refractivity contribution in [3.63, 3.8) is 0 Å². The van der Waals surface area contributed by atoms with Crippen molar-refractivity contribution in [2.75, 3.05) is 7.11 Å². The first-order chi connectivity index (χ1) is 16.6. The van der Waals surface area contributed by atoms with Crippen LogP contribution in [0.5, 0.6) is 0 Å². The van der Waals surface area contributed by atoms with Gasteiger partial charge >= 0.3 is 5.97 Å². The highest BCUT2D eigenvalue weighted by molar-refractivity contribution is 5.78. The molecule has 0 aliphatic heterocycles. The van der Waals surface area contributed by atoms with Crippen molar-refractivity contribution in [1.82, 2.24) is 0 Å². The molecule has 7 atom stereocenters. The highest BCUT2D eigenvalue weighted by Gasteiger charge is 2.69. The quantitative estimate of drug-likeness (QED) is 0.298. The summed E-state index contributed by atoms with van der Waals surface area (Å²) in [5.41, 5.74) is 1.66. The second-order valence-electron chi connectivity index (χ2n) is 15.2. The molecule has 0 spiro atoms. The van der Waals surface area contributed by atoms with Gasteiger partial charge in [0.05, 0.1) is 24.2 Å². The number of esters is 1. The van der Waals surface area contributed by atoms with E-state index in [0.29, 0.717) is 29.6 Å². The summed E-state index contributed by atoms with van der Waals surface area (Å²) in [6.45, 7) is 16.5. The molecule has 0 bridgehead atoms. The zero-order valence-corrected chi connectivity index (χ0v) is 23.9. The molecule has 198 valence electrons. The third-order valence-electron chi connectivity index (χ3n) is 13.0. The average molecular weight is 494 g/mol. The Kier molecular flexibility index (Phi) is 5.49. The minimum absolute atomic E-state index is 0.00204. The van der Waals surface area contributed by atoms with E-state index in [-0.39, 0.29) is 44.4 Å². The third kappa shape index (κ3) is 3.01. The molecule has 0 aromatic carbocycles. The van der Waals surface area contributed by atoms with Gasteiger partial charge in [-0.2, -0.15) is 5.26 Å². The van der Waals surface area contributed by atoms with Crippen LogP contribution in [0.25, 0.3) is 0 Å². The van der Waals surface area contributed by atoms with E-state index in [1.54, 1.807) is 7.11 Å². The molecule has 0 radical (unpaired) electrons. The van der Waals surface area contributed by atoms with E-state index in [1.807, 2.05) is 0 Å². The van der Waals surface area contributed by atoms with Crippen LogP contribution in [-0.2, 0) is 9.53 Å². The summed E-state index contributed by atoms with van der Waals surface area (Å²) >= 11 is 0. The number of hydrogen-bond donors (Lipinski definition) is 1. The van der Waals surface area contributed by atoms with Crippen LogP contribution in [0.3, 0.4) is 0 Å². The summed E-state index contributed by atoms with van der Waals surface area (Å²) in [5, 5.41) is 21.0. The summed E-state index contributed by atoms with van der Waals surface area (Å²) in [7, 11) is 1.57. The lowest BCUT2D eigenvalue weighted by molar-refractivity contribution is -0.182. The van der Waals surface area contributed by atoms with Crippen molar-refractivity contribution in [3.05, 3.63) is 23.0 Å². The SMILES string of the molecule is COC(=O)[C@]12CCC(C)(C)C[C@H]1C1=CC[C@@H]3[C@@]4(C)CC(C#N)=C(O)C(C)(C)[C@@H]4CC[C@@]3(C)[C@]1(C)CC2. The maximum atomic E-state index is 13.4. The Bertz CT molecular complexity index is 1090. The molecule has 0 heterocycles. The van der Waals surface area contributed by atoms with Crippen LogP contribution in [0.4, 0.5) is 0 Å². The van der Waals surface area contributed by atoms with Gasteiger partial charge in [0.15, 0.2) is 0 Å². The van der Waals surface area contributed by atoms with Gasteiger partial charge in [0.25, 0.3) is 0 Å². The first-order valence-corrected chi connectivity index (χ1v) is 14.2. The maximum Gasteiger partial charge on any atom is 0.312 e. The number of allylic oxidation sites excluding steroid dienone is 4. The molecule has 5 rings (SSSR count). The summed E-state index contributed by atoms with van der Waals surface area (Å²) < 4.78 is 5.48. The lowest BCUT2D eigenvalue weighted by atomic mass is 9.34. The lowest BCUT2D eigenvalue weighted by Crippen LogP contribution is -2.64. The average Bonchev–Trinajstić information content (AvgIpc) is 2.81. The van der Waals surface area contributed by atoms with Gasteiger partial charge in [-0.15, -0.1) is 0 Å². The Hall–Kier alpha value is -1.76. The second-order valence-corrected chi connectivity index (χ2v) is 15.2. The molecule has 5 aliphatic carbocycles. The highest BCUT2D eigenvalue weighted by atomic mass is 16.5. The fourth-order valence-electron chi connectivity index (χ4n) is 10.7. The van der Waals surface area contributed by atoms with Crippen LogP contribution in [0, 0.1) is 61.6 Å². The van der Waals surface area contributed by atoms with Crippen molar-refractivity contribution < 1.29 is 14.6 Å². The van der Waals surface area contributed by atoms with Gasteiger partial charge in [0.1, 0.15) is 5.76 Å². The van der Waals surface area contributed by atoms with E-state index >= 15 is 0 Å². The van der Waals surface area contributed by atoms with E-state index in [9.17, 15) is 15.2 Å². The Morgan fingerprint density at radius 1 is 1.03 bits per heavy atom. The van der Waals surface area contributed by atoms with Crippen LogP contribution in [0.1, 0.15) is 106 Å². The Labute approximate surface area is 218 Å². The number of methoxy groups -OCH3 is 1. The van der Waals surface area contributed by atoms with Crippen LogP contribution < -0.4 is 0 Å². The molecule has 1 N–H and O–H groups in total. The Balaban J connectivity index is 1.63. The second kappa shape index (κ2) is 7.64. The molecule has 3 saturated carbocycles. The van der Waals surface area contributed by atoms with Crippen molar-refractivity contribution in [2.24, 2.45) is 50.2 Å². The van der Waals surface area contributed by atoms with E-state index in [0.717, 1.165) is 51.4 Å². The maximum absolute atomic E-state index is 13.4. The zero-order valence-electron chi connectivity index (χ0n) is 23.9. The molecule has 4 nitrogen and oxygen atoms in total. The van der Waals surface area contributed by atoms with E-state index in [2.05, 4.69) is 60.6 Å². The fraction of sp³-hybridized carbons (Fsp3) is 0.812. The highest BCUT2D eigenvalue weighted by Crippen LogP contribution is 2.76. The minimum atomic E-state index is -0.385. The topological polar surface area (TPSA) is 70.3 Å². The van der Waals surface area contributed by atoms with Crippen molar-refractivity contribution in [1.29, 1.82) is 5.26 Å². The Morgan fingerprint density at radius 2 is 1.69 bits per heavy atom. The number of nitrogens with zero attached hydrogens (tertiary/aromatic N) is 1. The van der Waals surface area contributed by atoms with Gasteiger partial charge in [-0.05, 0) is 97.2 Å². The van der Waals surface area contributed by atoms with Crippen molar-refractivity contribution in [2.45, 2.75) is 106 Å². The fourth-order valence-corrected chi connectivity index (χ4v) is 10.7. The molecule has 4 heteroatoms. The summed E-state index contributed by atoms with van der Waals surface area (Å²) in [5.74, 6) is 1.36. The standard InChI is InChI=1S/C32H47NO3/c1-27(2)13-15-32(26(35)36-8)16-14-30(6)21(22(32)18-27)9-10-24-29(5)17-20(19-33)25(34)28(3,4)23(29)11-12-31(24,30)7/h9,22-24,34H,10-18H2,1-8H3/t22-,23-,24+,29-,30+,31+,32-/m0/s1. The van der Waals surface area contributed by atoms with Crippen molar-refractivity contribution >= 4 is 5.97 Å². The molecule has 0 saturated heterocycles. The molecule has 3 fully saturated rings. The molecule has 0 aromatic heterocycles. The number of ether oxygens (including phenoxy) is 1. The molecular weight excluding hydrogens is 446 g/mol. The smallest absolute Gasteiger partial charge is 0.312 e. The number of nitriles is 1. The van der Waals surface area contributed by atoms with Gasteiger partial charge in [-0.1, -0.05) is 60.1 Å². The predicted octanol–water partition coefficient (Wildman–Crippen LogP) is 7.91. The van der Waals surface area contributed by atoms with Gasteiger partial charge in [-0.25, -0.2) is 0 Å². The number of aliphatic hydroxyl groups excluding tert-OH is 1. The van der Waals surface area contributed by atoms with Crippen molar-refractivity contribution in [3.8, 4) is 6.07 Å². The molecule has 5 aliphatic rings. The number of hydrogen-bond acceptors (Lipinski definition) is 4. The summed E-state index contributed by atoms with van der Waals surface area (Å²) in [6.07, 6.45) is 11.4. The molecular formula is C32H47NO3. The van der Waals surface area contributed by atoms with Gasteiger partial charge in [0, 0.05) is 5.41 Å². The minimum Gasteiger partial charge on any atom is -0.511 e. The lowest BCUT2D eigenvalue weighted by Gasteiger charge is -2.70. The molecule has 36 heavy (non-hydrogen) atoms. The zero-order chi connectivity index (χ0) is 26.5. The number of carbonyl (C=O) groups excluding carboxylic acids is 1. The largest absolute Gasteiger partial charge is 0.511 e. The van der Waals surface area contributed by atoms with E-state index < -0.39 is 0 Å². The van der Waals surface area contributed by atoms with Crippen LogP contribution in [-0.4, -0.2) is 18.2 Å². The number of rotatable bonds is 1. The Morgan fingerprint density at radius 3 is 2.33 bits per heavy atom. The van der Waals surface area contributed by atoms with Crippen LogP contribution >= 0.6 is 0 Å². The van der Waals surface area contributed by atoms with Crippen LogP contribution in [0.15, 0.2) is 23.0 Å². The number of aliphatic hydroxyl groups is 1. The molecule has 0 amide bonds. The normalized spacial score (nSPS) is 46.8. The summed E-state index contributed by atoms with van der Waals surface area (Å²) in [4.78, 5) is 13.4. The first-order valence-electron chi connectivity index (χ1n) is 14.2. The predicted molar refractivity (Wildman–Crippen MR) is 142 cm³/mol. The van der Waals surface area contributed by atoms with Gasteiger partial charge < -0.3 is 9.84 Å². The van der Waals surface area contributed by atoms with Crippen LogP contribution in [0.2, 0.25) is 0 Å². The monoisotopic (exact) mass is 493 g/mol. The molecule has 0 unspecified atom stereocenters. The van der Waals surface area contributed by atoms with E-state index in [4.69, 9.17) is 4.74 Å². The third-order valence-corrected chi connectivity index (χ3v) is 13.0. The number of carbonyl (C=O) groups is 1. The van der Waals surface area contributed by atoms with Gasteiger partial charge in [-0.3, -0.25) is 4.79 Å². The summed E-state index contributed by atoms with van der Waals surface area (Å²) in [6, 6.07) is 2.37. The number of fused-ring (bicyclic) bond motifs is 7. The van der Waals surface area contributed by atoms with E-state index in [1.165, 1.54) is 5.57 Å².